The maximum Gasteiger partial charge on any atom is 0.259 e. The number of aromatic nitrogens is 1. The van der Waals surface area contributed by atoms with Gasteiger partial charge in [0.2, 0.25) is 0 Å². The SMILES string of the molecule is Cc1ccc(NCC(=O)N/N=C/c2cc(C)[nH]c2C)cc1. The lowest BCUT2D eigenvalue weighted by molar-refractivity contribution is -0.119. The Labute approximate surface area is 124 Å². The summed E-state index contributed by atoms with van der Waals surface area (Å²) >= 11 is 0. The molecule has 0 radical (unpaired) electrons. The predicted octanol–water partition coefficient (Wildman–Crippen LogP) is 2.50. The Hall–Kier alpha value is -2.56. The molecular formula is C16H20N4O. The lowest BCUT2D eigenvalue weighted by atomic mass is 10.2. The van der Waals surface area contributed by atoms with Crippen LogP contribution in [0.15, 0.2) is 35.4 Å². The predicted molar refractivity (Wildman–Crippen MR) is 85.7 cm³/mol. The van der Waals surface area contributed by atoms with Gasteiger partial charge in [-0.25, -0.2) is 5.43 Å². The summed E-state index contributed by atoms with van der Waals surface area (Å²) in [7, 11) is 0. The van der Waals surface area contributed by atoms with Crippen LogP contribution in [0.3, 0.4) is 0 Å². The number of hydrazone groups is 1. The van der Waals surface area contributed by atoms with Gasteiger partial charge in [-0.05, 0) is 39.0 Å². The molecule has 0 saturated carbocycles. The zero-order valence-corrected chi connectivity index (χ0v) is 12.5. The van der Waals surface area contributed by atoms with Crippen LogP contribution < -0.4 is 10.7 Å². The van der Waals surface area contributed by atoms with E-state index in [-0.39, 0.29) is 12.5 Å². The molecule has 5 heteroatoms. The number of H-pyrrole nitrogens is 1. The minimum absolute atomic E-state index is 0.184. The van der Waals surface area contributed by atoms with Gasteiger partial charge in [0.1, 0.15) is 0 Å². The zero-order valence-electron chi connectivity index (χ0n) is 12.5. The minimum atomic E-state index is -0.184. The molecule has 0 saturated heterocycles. The standard InChI is InChI=1S/C16H20N4O/c1-11-4-6-15(7-5-11)17-10-16(21)20-18-9-14-8-12(2)19-13(14)3/h4-9,17,19H,10H2,1-3H3,(H,20,21)/b18-9+. The number of hydrogen-bond acceptors (Lipinski definition) is 3. The zero-order chi connectivity index (χ0) is 15.2. The number of hydrogen-bond donors (Lipinski definition) is 3. The Morgan fingerprint density at radius 2 is 1.95 bits per heavy atom. The molecule has 21 heavy (non-hydrogen) atoms. The second-order valence-electron chi connectivity index (χ2n) is 5.05. The second kappa shape index (κ2) is 6.74. The number of anilines is 1. The first-order chi connectivity index (χ1) is 10.0. The third-order valence-electron chi connectivity index (χ3n) is 3.09. The molecule has 2 rings (SSSR count). The monoisotopic (exact) mass is 284 g/mol. The van der Waals surface area contributed by atoms with E-state index in [1.165, 1.54) is 5.56 Å². The van der Waals surface area contributed by atoms with Crippen LogP contribution in [-0.4, -0.2) is 23.7 Å². The molecule has 0 aliphatic rings. The van der Waals surface area contributed by atoms with Crippen molar-refractivity contribution in [1.29, 1.82) is 0 Å². The molecule has 1 heterocycles. The first-order valence-corrected chi connectivity index (χ1v) is 6.83. The summed E-state index contributed by atoms with van der Waals surface area (Å²) < 4.78 is 0. The molecule has 5 nitrogen and oxygen atoms in total. The molecule has 0 bridgehead atoms. The van der Waals surface area contributed by atoms with Gasteiger partial charge in [-0.15, -0.1) is 0 Å². The van der Waals surface area contributed by atoms with Crippen molar-refractivity contribution >= 4 is 17.8 Å². The van der Waals surface area contributed by atoms with Crippen LogP contribution in [0.4, 0.5) is 5.69 Å². The summed E-state index contributed by atoms with van der Waals surface area (Å²) in [4.78, 5) is 14.8. The van der Waals surface area contributed by atoms with E-state index in [1.54, 1.807) is 6.21 Å². The molecule has 0 aliphatic carbocycles. The highest BCUT2D eigenvalue weighted by Crippen LogP contribution is 2.08. The Balaban J connectivity index is 1.79. The molecule has 0 fully saturated rings. The van der Waals surface area contributed by atoms with E-state index in [4.69, 9.17) is 0 Å². The molecule has 1 aromatic carbocycles. The van der Waals surface area contributed by atoms with Crippen LogP contribution in [0.1, 0.15) is 22.5 Å². The number of aryl methyl sites for hydroxylation is 3. The van der Waals surface area contributed by atoms with Crippen molar-refractivity contribution in [3.8, 4) is 0 Å². The van der Waals surface area contributed by atoms with Gasteiger partial charge in [-0.3, -0.25) is 4.79 Å². The average molecular weight is 284 g/mol. The highest BCUT2D eigenvalue weighted by molar-refractivity contribution is 5.85. The number of amides is 1. The number of carbonyl (C=O) groups is 1. The first-order valence-electron chi connectivity index (χ1n) is 6.83. The van der Waals surface area contributed by atoms with Crippen LogP contribution in [0, 0.1) is 20.8 Å². The quantitative estimate of drug-likeness (QED) is 0.583. The highest BCUT2D eigenvalue weighted by Gasteiger charge is 2.01. The van der Waals surface area contributed by atoms with E-state index >= 15 is 0 Å². The molecule has 3 N–H and O–H groups in total. The number of nitrogens with zero attached hydrogens (tertiary/aromatic N) is 1. The third kappa shape index (κ3) is 4.49. The van der Waals surface area contributed by atoms with Crippen LogP contribution >= 0.6 is 0 Å². The van der Waals surface area contributed by atoms with Crippen molar-refractivity contribution in [3.05, 3.63) is 52.8 Å². The fourth-order valence-corrected chi connectivity index (χ4v) is 1.95. The van der Waals surface area contributed by atoms with Crippen LogP contribution in [0.5, 0.6) is 0 Å². The number of aromatic amines is 1. The summed E-state index contributed by atoms with van der Waals surface area (Å²) in [6.45, 7) is 6.16. The van der Waals surface area contributed by atoms with E-state index in [9.17, 15) is 4.79 Å². The van der Waals surface area contributed by atoms with Gasteiger partial charge in [0, 0.05) is 22.6 Å². The van der Waals surface area contributed by atoms with Crippen molar-refractivity contribution in [2.24, 2.45) is 5.10 Å². The van der Waals surface area contributed by atoms with Gasteiger partial charge in [-0.2, -0.15) is 5.10 Å². The van der Waals surface area contributed by atoms with E-state index in [0.717, 1.165) is 22.6 Å². The van der Waals surface area contributed by atoms with Crippen LogP contribution in [0.2, 0.25) is 0 Å². The molecule has 0 unspecified atom stereocenters. The fraction of sp³-hybridized carbons (Fsp3) is 0.250. The van der Waals surface area contributed by atoms with Crippen LogP contribution in [0.25, 0.3) is 0 Å². The first kappa shape index (κ1) is 14.8. The van der Waals surface area contributed by atoms with Gasteiger partial charge in [0.25, 0.3) is 5.91 Å². The summed E-state index contributed by atoms with van der Waals surface area (Å²) in [6.07, 6.45) is 1.64. The Morgan fingerprint density at radius 3 is 2.57 bits per heavy atom. The smallest absolute Gasteiger partial charge is 0.259 e. The van der Waals surface area contributed by atoms with E-state index in [1.807, 2.05) is 51.1 Å². The third-order valence-corrected chi connectivity index (χ3v) is 3.09. The molecule has 0 spiro atoms. The molecule has 2 aromatic rings. The van der Waals surface area contributed by atoms with Crippen molar-refractivity contribution in [1.82, 2.24) is 10.4 Å². The van der Waals surface area contributed by atoms with Gasteiger partial charge in [-0.1, -0.05) is 17.7 Å². The Bertz CT molecular complexity index is 641. The largest absolute Gasteiger partial charge is 0.376 e. The molecule has 0 atom stereocenters. The maximum atomic E-state index is 11.7. The molecule has 110 valence electrons. The maximum absolute atomic E-state index is 11.7. The Morgan fingerprint density at radius 1 is 1.24 bits per heavy atom. The second-order valence-corrected chi connectivity index (χ2v) is 5.05. The average Bonchev–Trinajstić information content (AvgIpc) is 2.76. The number of benzene rings is 1. The topological polar surface area (TPSA) is 69.3 Å². The number of carbonyl (C=O) groups excluding carboxylic acids is 1. The van der Waals surface area contributed by atoms with Gasteiger partial charge in [0.15, 0.2) is 0 Å². The molecule has 0 aliphatic heterocycles. The Kier molecular flexibility index (Phi) is 4.77. The number of nitrogens with one attached hydrogen (secondary N) is 3. The minimum Gasteiger partial charge on any atom is -0.376 e. The van der Waals surface area contributed by atoms with Gasteiger partial charge in [0.05, 0.1) is 12.8 Å². The summed E-state index contributed by atoms with van der Waals surface area (Å²) in [6, 6.07) is 9.86. The van der Waals surface area contributed by atoms with Crippen LogP contribution in [-0.2, 0) is 4.79 Å². The summed E-state index contributed by atoms with van der Waals surface area (Å²) in [5.41, 5.74) is 7.68. The van der Waals surface area contributed by atoms with Crippen molar-refractivity contribution in [2.45, 2.75) is 20.8 Å². The van der Waals surface area contributed by atoms with Gasteiger partial charge >= 0.3 is 0 Å². The highest BCUT2D eigenvalue weighted by atomic mass is 16.2. The van der Waals surface area contributed by atoms with Crippen molar-refractivity contribution < 1.29 is 4.79 Å². The molecule has 1 aromatic heterocycles. The molecule has 1 amide bonds. The number of rotatable bonds is 5. The van der Waals surface area contributed by atoms with Crippen molar-refractivity contribution in [3.63, 3.8) is 0 Å². The lowest BCUT2D eigenvalue weighted by Crippen LogP contribution is -2.25. The summed E-state index contributed by atoms with van der Waals surface area (Å²) in [5, 5.41) is 7.00. The van der Waals surface area contributed by atoms with E-state index < -0.39 is 0 Å². The van der Waals surface area contributed by atoms with Crippen molar-refractivity contribution in [2.75, 3.05) is 11.9 Å². The van der Waals surface area contributed by atoms with Gasteiger partial charge < -0.3 is 10.3 Å². The van der Waals surface area contributed by atoms with E-state index in [0.29, 0.717) is 0 Å². The lowest BCUT2D eigenvalue weighted by Gasteiger charge is -2.05. The molecular weight excluding hydrogens is 264 g/mol. The normalized spacial score (nSPS) is 10.8. The summed E-state index contributed by atoms with van der Waals surface area (Å²) in [5.74, 6) is -0.184. The van der Waals surface area contributed by atoms with E-state index in [2.05, 4.69) is 20.8 Å². The fourth-order valence-electron chi connectivity index (χ4n) is 1.95.